The van der Waals surface area contributed by atoms with Crippen molar-refractivity contribution >= 4 is 45.9 Å². The van der Waals surface area contributed by atoms with E-state index in [4.69, 9.17) is 14.9 Å². The van der Waals surface area contributed by atoms with E-state index in [1.165, 1.54) is 21.0 Å². The molecule has 5 heterocycles. The molecule has 0 radical (unpaired) electrons. The maximum absolute atomic E-state index is 14.7. The fraction of sp³-hybridized carbons (Fsp3) is 0.350. The molecule has 1 aliphatic carbocycles. The zero-order valence-corrected chi connectivity index (χ0v) is 30.9. The van der Waals surface area contributed by atoms with Crippen molar-refractivity contribution in [3.63, 3.8) is 0 Å². The fourth-order valence-electron chi connectivity index (χ4n) is 7.58. The number of rotatable bonds is 7. The summed E-state index contributed by atoms with van der Waals surface area (Å²) in [5.74, 6) is -2.31. The molecule has 282 valence electrons. The van der Waals surface area contributed by atoms with Gasteiger partial charge >= 0.3 is 5.97 Å². The van der Waals surface area contributed by atoms with Gasteiger partial charge in [0.1, 0.15) is 45.5 Å². The molecule has 1 saturated heterocycles. The zero-order valence-electron chi connectivity index (χ0n) is 30.1. The second kappa shape index (κ2) is 15.1. The van der Waals surface area contributed by atoms with E-state index in [9.17, 15) is 24.3 Å². The molecule has 5 atom stereocenters. The molecular formula is C40H40N8O6S. The van der Waals surface area contributed by atoms with Crippen LogP contribution in [0.4, 0.5) is 0 Å². The highest BCUT2D eigenvalue weighted by Crippen LogP contribution is 2.46. The quantitative estimate of drug-likeness (QED) is 0.190. The molecule has 3 amide bonds. The van der Waals surface area contributed by atoms with Crippen LogP contribution in [0.15, 0.2) is 84.4 Å². The average Bonchev–Trinajstić information content (AvgIpc) is 3.66. The van der Waals surface area contributed by atoms with Gasteiger partial charge in [-0.3, -0.25) is 14.4 Å². The minimum Gasteiger partial charge on any atom is -0.497 e. The van der Waals surface area contributed by atoms with E-state index < -0.39 is 47.4 Å². The van der Waals surface area contributed by atoms with E-state index in [-0.39, 0.29) is 31.0 Å². The Morgan fingerprint density at radius 1 is 1.02 bits per heavy atom. The number of aliphatic carboxylic acids is 1. The van der Waals surface area contributed by atoms with Gasteiger partial charge in [-0.25, -0.2) is 14.8 Å². The minimum absolute atomic E-state index is 0.0506. The average molecular weight is 761 g/mol. The number of hydrogen-bond acceptors (Lipinski definition) is 10. The summed E-state index contributed by atoms with van der Waals surface area (Å²) in [4.78, 5) is 67.3. The van der Waals surface area contributed by atoms with Crippen molar-refractivity contribution in [2.75, 3.05) is 13.7 Å². The number of hydrogen-bond donors (Lipinski definition) is 3. The molecule has 0 spiro atoms. The highest BCUT2D eigenvalue weighted by atomic mass is 32.1. The van der Waals surface area contributed by atoms with Gasteiger partial charge in [0.15, 0.2) is 0 Å². The Kier molecular flexibility index (Phi) is 9.86. The first-order valence-corrected chi connectivity index (χ1v) is 19.3. The Labute approximate surface area is 320 Å². The number of benzene rings is 2. The predicted molar refractivity (Wildman–Crippen MR) is 204 cm³/mol. The number of carboxylic acid groups (broad SMARTS) is 1. The van der Waals surface area contributed by atoms with Crippen LogP contribution >= 0.6 is 11.3 Å². The lowest BCUT2D eigenvalue weighted by Crippen LogP contribution is -2.56. The molecule has 1 saturated carbocycles. The molecule has 14 nitrogen and oxygen atoms in total. The first-order valence-electron chi connectivity index (χ1n) is 18.4. The molecule has 2 fully saturated rings. The van der Waals surface area contributed by atoms with Crippen LogP contribution in [0.3, 0.4) is 0 Å². The summed E-state index contributed by atoms with van der Waals surface area (Å²) in [7, 11) is 1.59. The Morgan fingerprint density at radius 3 is 2.62 bits per heavy atom. The number of carbonyl (C=O) groups excluding carboxylic acids is 3. The van der Waals surface area contributed by atoms with Gasteiger partial charge in [-0.2, -0.15) is 9.90 Å². The first kappa shape index (κ1) is 36.0. The molecule has 3 aliphatic rings. The molecule has 0 bridgehead atoms. The van der Waals surface area contributed by atoms with Crippen LogP contribution < -0.4 is 15.4 Å². The second-order valence-electron chi connectivity index (χ2n) is 14.2. The third-order valence-corrected chi connectivity index (χ3v) is 11.5. The number of ether oxygens (including phenoxy) is 1. The molecule has 3 aromatic heterocycles. The molecular weight excluding hydrogens is 721 g/mol. The van der Waals surface area contributed by atoms with Gasteiger partial charge in [-0.15, -0.1) is 16.4 Å². The van der Waals surface area contributed by atoms with Crippen LogP contribution in [0, 0.1) is 5.92 Å². The van der Waals surface area contributed by atoms with Gasteiger partial charge in [0.05, 0.1) is 18.7 Å². The number of thiazole rings is 1. The van der Waals surface area contributed by atoms with Gasteiger partial charge in [0.25, 0.3) is 5.91 Å². The number of methoxy groups -OCH3 is 1. The Bertz CT molecular complexity index is 2270. The van der Waals surface area contributed by atoms with Crippen LogP contribution in [-0.4, -0.2) is 89.9 Å². The predicted octanol–water partition coefficient (Wildman–Crippen LogP) is 5.05. The number of nitrogens with one attached hydrogen (secondary N) is 2. The normalized spacial score (nSPS) is 24.9. The Morgan fingerprint density at radius 2 is 1.84 bits per heavy atom. The minimum atomic E-state index is -1.46. The highest BCUT2D eigenvalue weighted by Gasteiger charge is 2.61. The van der Waals surface area contributed by atoms with Crippen molar-refractivity contribution in [1.82, 2.24) is 40.5 Å². The molecule has 3 N–H and O–H groups in total. The van der Waals surface area contributed by atoms with Crippen LogP contribution in [-0.2, 0) is 14.4 Å². The lowest BCUT2D eigenvalue weighted by Gasteiger charge is -2.29. The third kappa shape index (κ3) is 7.19. The van der Waals surface area contributed by atoms with Crippen molar-refractivity contribution in [3.8, 4) is 27.7 Å². The van der Waals surface area contributed by atoms with E-state index in [0.717, 1.165) is 30.2 Å². The number of nitrogens with zero attached hydrogens (tertiary/aromatic N) is 6. The summed E-state index contributed by atoms with van der Waals surface area (Å²) < 4.78 is 5.35. The van der Waals surface area contributed by atoms with Crippen molar-refractivity contribution in [3.05, 3.63) is 90.1 Å². The van der Waals surface area contributed by atoms with Crippen molar-refractivity contribution in [1.29, 1.82) is 0 Å². The van der Waals surface area contributed by atoms with E-state index in [0.29, 0.717) is 40.5 Å². The van der Waals surface area contributed by atoms with Crippen LogP contribution in [0.1, 0.15) is 61.5 Å². The van der Waals surface area contributed by atoms with Crippen LogP contribution in [0.25, 0.3) is 32.9 Å². The maximum atomic E-state index is 14.7. The number of carbonyl (C=O) groups is 4. The Hall–Kier alpha value is -5.96. The summed E-state index contributed by atoms with van der Waals surface area (Å²) in [6, 6.07) is 15.7. The monoisotopic (exact) mass is 760 g/mol. The van der Waals surface area contributed by atoms with E-state index in [2.05, 4.69) is 20.6 Å². The maximum Gasteiger partial charge on any atom is 0.330 e. The van der Waals surface area contributed by atoms with Gasteiger partial charge in [-0.1, -0.05) is 49.3 Å². The third-order valence-electron chi connectivity index (χ3n) is 10.7. The summed E-state index contributed by atoms with van der Waals surface area (Å²) >= 11 is 1.41. The molecule has 15 heteroatoms. The lowest BCUT2D eigenvalue weighted by atomic mass is 10.0. The number of aromatic nitrogens is 5. The first-order chi connectivity index (χ1) is 26.7. The summed E-state index contributed by atoms with van der Waals surface area (Å²) in [6.07, 6.45) is 9.26. The number of pyridine rings is 1. The zero-order chi connectivity index (χ0) is 38.1. The molecule has 0 unspecified atom stereocenters. The van der Waals surface area contributed by atoms with E-state index in [1.54, 1.807) is 19.4 Å². The lowest BCUT2D eigenvalue weighted by molar-refractivity contribution is -0.145. The van der Waals surface area contributed by atoms with Gasteiger partial charge in [-0.05, 0) is 62.1 Å². The fourth-order valence-corrected chi connectivity index (χ4v) is 8.20. The number of fused-ring (bicyclic) bond motifs is 3. The number of carboxylic acids is 1. The summed E-state index contributed by atoms with van der Waals surface area (Å²) in [5, 5.41) is 29.2. The van der Waals surface area contributed by atoms with Crippen molar-refractivity contribution in [2.45, 2.75) is 68.6 Å². The van der Waals surface area contributed by atoms with Crippen molar-refractivity contribution < 1.29 is 29.0 Å². The molecule has 2 aliphatic heterocycles. The molecule has 2 aromatic carbocycles. The SMILES string of the molecule is COc1ccc(-c2nn([C@H]3C[C@H]4C(=O)N[C@]5(C(=O)O)C[C@H]5/C=C\CCCCC[C@H](NC(=O)c5ccc6ccccc6n5)C(=O)N4C3)nc2-c2nccs2)cc1. The van der Waals surface area contributed by atoms with Gasteiger partial charge in [0, 0.05) is 41.4 Å². The highest BCUT2D eigenvalue weighted by molar-refractivity contribution is 7.13. The second-order valence-corrected chi connectivity index (χ2v) is 15.1. The molecule has 55 heavy (non-hydrogen) atoms. The Balaban J connectivity index is 1.14. The smallest absolute Gasteiger partial charge is 0.330 e. The number of allylic oxidation sites excluding steroid dienone is 1. The van der Waals surface area contributed by atoms with Crippen LogP contribution in [0.2, 0.25) is 0 Å². The number of para-hydroxylation sites is 1. The standard InChI is InChI=1S/C40H40N8O6S/c1-54-28-16-13-25(14-17-28)33-34(37-41-19-20-55-37)46-48(45-33)27-21-32-36(50)44-40(39(52)53)22-26(40)10-5-3-2-4-6-12-31(38(51)47(32)23-27)43-35(49)30-18-15-24-9-7-8-11-29(24)42-30/h5,7-11,13-20,26-27,31-32H,2-4,6,12,21-23H2,1H3,(H,43,49)(H,44,50)(H,52,53)/b10-5-/t26-,27+,31+,32+,40-/m1/s1. The van der Waals surface area contributed by atoms with Crippen LogP contribution in [0.5, 0.6) is 5.75 Å². The summed E-state index contributed by atoms with van der Waals surface area (Å²) in [5.41, 5.74) is 1.26. The number of amides is 3. The molecule has 8 rings (SSSR count). The van der Waals surface area contributed by atoms with Gasteiger partial charge in [0.2, 0.25) is 11.8 Å². The van der Waals surface area contributed by atoms with E-state index >= 15 is 0 Å². The largest absolute Gasteiger partial charge is 0.497 e. The van der Waals surface area contributed by atoms with Gasteiger partial charge < -0.3 is 25.4 Å². The topological polar surface area (TPSA) is 182 Å². The van der Waals surface area contributed by atoms with E-state index in [1.807, 2.05) is 72.1 Å². The summed E-state index contributed by atoms with van der Waals surface area (Å²) in [6.45, 7) is 0.0506. The van der Waals surface area contributed by atoms with Crippen molar-refractivity contribution in [2.24, 2.45) is 5.92 Å². The molecule has 5 aromatic rings.